The average Bonchev–Trinajstić information content (AvgIpc) is 2.59. The van der Waals surface area contributed by atoms with E-state index in [2.05, 4.69) is 4.74 Å². The number of esters is 1. The normalized spacial score (nSPS) is 9.72. The molecule has 0 spiro atoms. The van der Waals surface area contributed by atoms with Crippen LogP contribution in [0.25, 0.3) is 0 Å². The Morgan fingerprint density at radius 2 is 1.64 bits per heavy atom. The van der Waals surface area contributed by atoms with Crippen molar-refractivity contribution < 1.29 is 34.4 Å². The van der Waals surface area contributed by atoms with E-state index in [9.17, 15) is 14.4 Å². The van der Waals surface area contributed by atoms with Crippen molar-refractivity contribution in [2.24, 2.45) is 0 Å². The minimum Gasteiger partial charge on any atom is -0.478 e. The summed E-state index contributed by atoms with van der Waals surface area (Å²) in [4.78, 5) is 32.2. The molecule has 0 aliphatic rings. The van der Waals surface area contributed by atoms with Crippen LogP contribution in [0.5, 0.6) is 0 Å². The Labute approximate surface area is 147 Å². The Kier molecular flexibility index (Phi) is 11.7. The summed E-state index contributed by atoms with van der Waals surface area (Å²) in [5, 5.41) is 26.1. The van der Waals surface area contributed by atoms with Crippen molar-refractivity contribution >= 4 is 17.9 Å². The van der Waals surface area contributed by atoms with Crippen LogP contribution < -0.4 is 0 Å². The first-order chi connectivity index (χ1) is 11.9. The largest absolute Gasteiger partial charge is 0.478 e. The number of benzene rings is 1. The highest BCUT2D eigenvalue weighted by molar-refractivity contribution is 6.02. The molecule has 0 aliphatic carbocycles. The number of carboxylic acid groups (broad SMARTS) is 2. The van der Waals surface area contributed by atoms with Gasteiger partial charge in [0, 0.05) is 0 Å². The number of carbonyl (C=O) groups excluding carboxylic acids is 1. The molecule has 7 nitrogen and oxygen atoms in total. The lowest BCUT2D eigenvalue weighted by Crippen LogP contribution is -2.11. The van der Waals surface area contributed by atoms with E-state index in [-0.39, 0.29) is 11.1 Å². The van der Waals surface area contributed by atoms with Crippen LogP contribution in [0.3, 0.4) is 0 Å². The van der Waals surface area contributed by atoms with E-state index < -0.39 is 24.5 Å². The van der Waals surface area contributed by atoms with E-state index in [0.29, 0.717) is 18.6 Å². The number of aliphatic hydroxyl groups is 1. The summed E-state index contributed by atoms with van der Waals surface area (Å²) in [5.74, 6) is -2.91. The minimum atomic E-state index is -1.20. The van der Waals surface area contributed by atoms with Crippen molar-refractivity contribution in [2.45, 2.75) is 46.0 Å². The summed E-state index contributed by atoms with van der Waals surface area (Å²) < 4.78 is 4.54. The molecule has 0 aromatic heterocycles. The Balaban J connectivity index is 0.000000547. The number of rotatable bonds is 9. The first kappa shape index (κ1) is 22.6. The fourth-order valence-electron chi connectivity index (χ4n) is 1.98. The van der Waals surface area contributed by atoms with Gasteiger partial charge in [0.25, 0.3) is 0 Å². The predicted octanol–water partition coefficient (Wildman–Crippen LogP) is 2.75. The minimum absolute atomic E-state index is 0.0801. The van der Waals surface area contributed by atoms with Crippen LogP contribution in [-0.2, 0) is 16.0 Å². The zero-order chi connectivity index (χ0) is 19.2. The van der Waals surface area contributed by atoms with Crippen LogP contribution in [0.2, 0.25) is 0 Å². The molecule has 0 aliphatic heterocycles. The molecule has 1 aromatic rings. The maximum absolute atomic E-state index is 11.0. The van der Waals surface area contributed by atoms with Gasteiger partial charge in [-0.15, -0.1) is 0 Å². The van der Waals surface area contributed by atoms with Crippen molar-refractivity contribution in [1.82, 2.24) is 0 Å². The van der Waals surface area contributed by atoms with Gasteiger partial charge in [-0.2, -0.15) is 0 Å². The standard InChI is InChI=1S/C12H14O4.C6H12O3/c1-2-3-5-8-6-4-7-9(11(13)14)10(8)12(15)16;1-2-3-4-9-6(8)5-7/h4,6-7H,2-3,5H2,1H3,(H,13,14)(H,15,16);7H,2-5H2,1H3. The number of aliphatic hydroxyl groups excluding tert-OH is 1. The Morgan fingerprint density at radius 1 is 1.00 bits per heavy atom. The summed E-state index contributed by atoms with van der Waals surface area (Å²) in [7, 11) is 0. The number of hydrogen-bond donors (Lipinski definition) is 3. The highest BCUT2D eigenvalue weighted by Gasteiger charge is 2.19. The molecule has 0 saturated heterocycles. The van der Waals surface area contributed by atoms with E-state index in [0.717, 1.165) is 25.7 Å². The summed E-state index contributed by atoms with van der Waals surface area (Å²) in [6, 6.07) is 4.58. The number of hydrogen-bond acceptors (Lipinski definition) is 5. The van der Waals surface area contributed by atoms with Crippen molar-refractivity contribution in [3.05, 3.63) is 34.9 Å². The van der Waals surface area contributed by atoms with Gasteiger partial charge in [0.15, 0.2) is 0 Å². The molecule has 0 heterocycles. The third-order valence-electron chi connectivity index (χ3n) is 3.28. The van der Waals surface area contributed by atoms with Gasteiger partial charge in [-0.05, 0) is 30.9 Å². The van der Waals surface area contributed by atoms with Crippen LogP contribution in [0, 0.1) is 0 Å². The molecule has 0 atom stereocenters. The molecule has 0 unspecified atom stereocenters. The fraction of sp³-hybridized carbons (Fsp3) is 0.500. The Hall–Kier alpha value is -2.41. The number of aromatic carboxylic acids is 2. The molecule has 3 N–H and O–H groups in total. The lowest BCUT2D eigenvalue weighted by Gasteiger charge is -2.08. The first-order valence-corrected chi connectivity index (χ1v) is 8.23. The number of carbonyl (C=O) groups is 3. The molecule has 0 fully saturated rings. The Morgan fingerprint density at radius 3 is 2.12 bits per heavy atom. The van der Waals surface area contributed by atoms with Crippen LogP contribution in [0.1, 0.15) is 65.8 Å². The maximum Gasteiger partial charge on any atom is 0.336 e. The van der Waals surface area contributed by atoms with Crippen LogP contribution in [0.4, 0.5) is 0 Å². The second-order valence-electron chi connectivity index (χ2n) is 5.29. The lowest BCUT2D eigenvalue weighted by molar-refractivity contribution is -0.146. The molecule has 0 bridgehead atoms. The predicted molar refractivity (Wildman–Crippen MR) is 91.9 cm³/mol. The van der Waals surface area contributed by atoms with Crippen molar-refractivity contribution in [3.8, 4) is 0 Å². The monoisotopic (exact) mass is 354 g/mol. The molecule has 1 rings (SSSR count). The number of unbranched alkanes of at least 4 members (excludes halogenated alkanes) is 2. The maximum atomic E-state index is 11.0. The third kappa shape index (κ3) is 8.85. The number of ether oxygens (including phenoxy) is 1. The molecule has 7 heteroatoms. The number of carboxylic acids is 2. The summed E-state index contributed by atoms with van der Waals surface area (Å²) in [5.41, 5.74) is 0.374. The van der Waals surface area contributed by atoms with Gasteiger partial charge in [-0.25, -0.2) is 14.4 Å². The van der Waals surface area contributed by atoms with Gasteiger partial charge in [-0.1, -0.05) is 38.8 Å². The Bertz CT molecular complexity index is 567. The third-order valence-corrected chi connectivity index (χ3v) is 3.28. The van der Waals surface area contributed by atoms with Gasteiger partial charge in [-0.3, -0.25) is 0 Å². The summed E-state index contributed by atoms with van der Waals surface area (Å²) in [6.45, 7) is 3.92. The van der Waals surface area contributed by atoms with E-state index in [1.807, 2.05) is 13.8 Å². The quantitative estimate of drug-likeness (QED) is 0.460. The topological polar surface area (TPSA) is 121 Å². The highest BCUT2D eigenvalue weighted by Crippen LogP contribution is 2.17. The second kappa shape index (κ2) is 12.9. The van der Waals surface area contributed by atoms with Gasteiger partial charge in [0.2, 0.25) is 0 Å². The van der Waals surface area contributed by atoms with Crippen LogP contribution in [0.15, 0.2) is 18.2 Å². The van der Waals surface area contributed by atoms with Crippen LogP contribution >= 0.6 is 0 Å². The summed E-state index contributed by atoms with van der Waals surface area (Å²) >= 11 is 0. The second-order valence-corrected chi connectivity index (χ2v) is 5.29. The van der Waals surface area contributed by atoms with Gasteiger partial charge in [0.05, 0.1) is 17.7 Å². The highest BCUT2D eigenvalue weighted by atomic mass is 16.5. The number of aryl methyl sites for hydroxylation is 1. The van der Waals surface area contributed by atoms with E-state index in [1.165, 1.54) is 6.07 Å². The molecule has 1 aromatic carbocycles. The zero-order valence-corrected chi connectivity index (χ0v) is 14.7. The molecule has 0 amide bonds. The van der Waals surface area contributed by atoms with Crippen LogP contribution in [-0.4, -0.2) is 46.4 Å². The van der Waals surface area contributed by atoms with Gasteiger partial charge < -0.3 is 20.1 Å². The van der Waals surface area contributed by atoms with Crippen molar-refractivity contribution in [3.63, 3.8) is 0 Å². The van der Waals surface area contributed by atoms with E-state index in [1.54, 1.807) is 12.1 Å². The zero-order valence-electron chi connectivity index (χ0n) is 14.7. The lowest BCUT2D eigenvalue weighted by atomic mass is 9.97. The molecule has 25 heavy (non-hydrogen) atoms. The molecular weight excluding hydrogens is 328 g/mol. The first-order valence-electron chi connectivity index (χ1n) is 8.23. The smallest absolute Gasteiger partial charge is 0.336 e. The average molecular weight is 354 g/mol. The fourth-order valence-corrected chi connectivity index (χ4v) is 1.98. The van der Waals surface area contributed by atoms with Gasteiger partial charge in [0.1, 0.15) is 6.61 Å². The molecule has 140 valence electrons. The van der Waals surface area contributed by atoms with Crippen molar-refractivity contribution in [1.29, 1.82) is 0 Å². The molecule has 0 radical (unpaired) electrons. The van der Waals surface area contributed by atoms with E-state index in [4.69, 9.17) is 15.3 Å². The molecular formula is C18H26O7. The SMILES string of the molecule is CCCCOC(=O)CO.CCCCc1cccc(C(=O)O)c1C(=O)O. The molecule has 0 saturated carbocycles. The van der Waals surface area contributed by atoms with Gasteiger partial charge >= 0.3 is 17.9 Å². The summed E-state index contributed by atoms with van der Waals surface area (Å²) in [6.07, 6.45) is 4.25. The van der Waals surface area contributed by atoms with E-state index >= 15 is 0 Å². The van der Waals surface area contributed by atoms with Crippen molar-refractivity contribution in [2.75, 3.05) is 13.2 Å².